The van der Waals surface area contributed by atoms with Gasteiger partial charge in [0, 0.05) is 26.1 Å². The molecule has 2 aromatic heterocycles. The van der Waals surface area contributed by atoms with E-state index in [1.165, 1.54) is 14.2 Å². The van der Waals surface area contributed by atoms with E-state index >= 15 is 0 Å². The molecule has 0 radical (unpaired) electrons. The molecule has 1 aliphatic heterocycles. The number of hydrogen-bond donors (Lipinski definition) is 1. The van der Waals surface area contributed by atoms with Crippen molar-refractivity contribution >= 4 is 17.4 Å². The summed E-state index contributed by atoms with van der Waals surface area (Å²) in [6, 6.07) is 2.85. The second kappa shape index (κ2) is 8.39. The van der Waals surface area contributed by atoms with Gasteiger partial charge in [0.1, 0.15) is 5.69 Å². The predicted molar refractivity (Wildman–Crippen MR) is 111 cm³/mol. The van der Waals surface area contributed by atoms with E-state index in [9.17, 15) is 18.0 Å². The number of carbonyl (C=O) groups excluding carboxylic acids is 1. The van der Waals surface area contributed by atoms with Crippen LogP contribution in [0, 0.1) is 5.41 Å². The van der Waals surface area contributed by atoms with E-state index in [1.807, 2.05) is 25.7 Å². The average Bonchev–Trinajstić information content (AvgIpc) is 3.00. The molecule has 7 nitrogen and oxygen atoms in total. The first-order valence-electron chi connectivity index (χ1n) is 10.1. The van der Waals surface area contributed by atoms with E-state index in [1.54, 1.807) is 6.07 Å². The van der Waals surface area contributed by atoms with Crippen molar-refractivity contribution in [1.29, 1.82) is 0 Å². The Balaban J connectivity index is 1.86. The van der Waals surface area contributed by atoms with Gasteiger partial charge in [-0.25, -0.2) is 4.98 Å². The third kappa shape index (κ3) is 5.48. The highest BCUT2D eigenvalue weighted by Gasteiger charge is 2.35. The SMILES string of the molecule is COc1cc2c(nc1NC(=O)CC(C)(C)C)CCCN2Cc1cc(C(F)(F)F)n(C)n1. The molecular formula is C21H28F3N5O2. The number of nitrogens with zero attached hydrogens (tertiary/aromatic N) is 4. The van der Waals surface area contributed by atoms with Crippen molar-refractivity contribution in [1.82, 2.24) is 14.8 Å². The second-order valence-electron chi connectivity index (χ2n) is 8.96. The Kier molecular flexibility index (Phi) is 6.20. The zero-order valence-corrected chi connectivity index (χ0v) is 18.4. The minimum Gasteiger partial charge on any atom is -0.493 e. The number of rotatable bonds is 5. The minimum absolute atomic E-state index is 0.154. The number of aromatic nitrogens is 3. The quantitative estimate of drug-likeness (QED) is 0.757. The first-order chi connectivity index (χ1) is 14.4. The Morgan fingerprint density at radius 2 is 1.97 bits per heavy atom. The number of hydrogen-bond acceptors (Lipinski definition) is 5. The van der Waals surface area contributed by atoms with E-state index in [4.69, 9.17) is 4.74 Å². The molecule has 1 N–H and O–H groups in total. The normalized spacial score (nSPS) is 14.4. The number of carbonyl (C=O) groups is 1. The monoisotopic (exact) mass is 439 g/mol. The van der Waals surface area contributed by atoms with Gasteiger partial charge in [0.15, 0.2) is 11.6 Å². The van der Waals surface area contributed by atoms with Crippen LogP contribution >= 0.6 is 0 Å². The predicted octanol–water partition coefficient (Wildman–Crippen LogP) is 4.17. The van der Waals surface area contributed by atoms with Gasteiger partial charge in [-0.3, -0.25) is 9.48 Å². The van der Waals surface area contributed by atoms with E-state index < -0.39 is 11.9 Å². The molecule has 10 heteroatoms. The molecule has 0 aliphatic carbocycles. The van der Waals surface area contributed by atoms with Gasteiger partial charge in [0.05, 0.1) is 30.7 Å². The van der Waals surface area contributed by atoms with E-state index in [0.717, 1.165) is 28.6 Å². The van der Waals surface area contributed by atoms with Gasteiger partial charge in [-0.15, -0.1) is 0 Å². The third-order valence-electron chi connectivity index (χ3n) is 4.97. The van der Waals surface area contributed by atoms with Gasteiger partial charge < -0.3 is 15.0 Å². The maximum absolute atomic E-state index is 13.1. The van der Waals surface area contributed by atoms with Crippen LogP contribution in [0.25, 0.3) is 0 Å². The highest BCUT2D eigenvalue weighted by atomic mass is 19.4. The van der Waals surface area contributed by atoms with Crippen molar-refractivity contribution in [3.8, 4) is 5.75 Å². The van der Waals surface area contributed by atoms with Crippen LogP contribution in [0.2, 0.25) is 0 Å². The number of methoxy groups -OCH3 is 1. The lowest BCUT2D eigenvalue weighted by Crippen LogP contribution is -2.30. The zero-order chi connectivity index (χ0) is 23.0. The lowest BCUT2D eigenvalue weighted by Gasteiger charge is -2.31. The summed E-state index contributed by atoms with van der Waals surface area (Å²) < 4.78 is 45.6. The Labute approximate surface area is 179 Å². The number of anilines is 2. The van der Waals surface area contributed by atoms with E-state index in [2.05, 4.69) is 15.4 Å². The van der Waals surface area contributed by atoms with Crippen LogP contribution in [0.1, 0.15) is 50.7 Å². The molecule has 1 aliphatic rings. The fourth-order valence-electron chi connectivity index (χ4n) is 3.67. The van der Waals surface area contributed by atoms with E-state index in [-0.39, 0.29) is 17.9 Å². The van der Waals surface area contributed by atoms with Crippen LogP contribution in [0.4, 0.5) is 24.7 Å². The second-order valence-corrected chi connectivity index (χ2v) is 8.96. The number of fused-ring (bicyclic) bond motifs is 1. The van der Waals surface area contributed by atoms with E-state index in [0.29, 0.717) is 36.6 Å². The van der Waals surface area contributed by atoms with Gasteiger partial charge in [0.2, 0.25) is 5.91 Å². The molecular weight excluding hydrogens is 411 g/mol. The smallest absolute Gasteiger partial charge is 0.433 e. The molecule has 0 fully saturated rings. The molecule has 3 rings (SSSR count). The number of nitrogens with one attached hydrogen (secondary N) is 1. The third-order valence-corrected chi connectivity index (χ3v) is 4.97. The van der Waals surface area contributed by atoms with Crippen molar-refractivity contribution in [2.75, 3.05) is 23.9 Å². The lowest BCUT2D eigenvalue weighted by molar-refractivity contribution is -0.143. The summed E-state index contributed by atoms with van der Waals surface area (Å²) in [5.74, 6) is 0.610. The molecule has 1 amide bonds. The van der Waals surface area contributed by atoms with Crippen LogP contribution < -0.4 is 15.0 Å². The molecule has 0 saturated carbocycles. The Morgan fingerprint density at radius 3 is 2.55 bits per heavy atom. The number of aryl methyl sites for hydroxylation is 2. The van der Waals surface area contributed by atoms with Gasteiger partial charge >= 0.3 is 6.18 Å². The van der Waals surface area contributed by atoms with Gasteiger partial charge in [-0.2, -0.15) is 18.3 Å². The van der Waals surface area contributed by atoms with Crippen LogP contribution in [0.15, 0.2) is 12.1 Å². The number of pyridine rings is 1. The van der Waals surface area contributed by atoms with Crippen LogP contribution in [0.3, 0.4) is 0 Å². The molecule has 3 heterocycles. The molecule has 0 spiro atoms. The highest BCUT2D eigenvalue weighted by molar-refractivity contribution is 5.92. The molecule has 31 heavy (non-hydrogen) atoms. The molecule has 170 valence electrons. The number of ether oxygens (including phenoxy) is 1. The van der Waals surface area contributed by atoms with Crippen molar-refractivity contribution in [3.05, 3.63) is 29.2 Å². The average molecular weight is 439 g/mol. The molecule has 0 atom stereocenters. The topological polar surface area (TPSA) is 72.3 Å². The summed E-state index contributed by atoms with van der Waals surface area (Å²) in [4.78, 5) is 18.9. The molecule has 2 aromatic rings. The van der Waals surface area contributed by atoms with Gasteiger partial charge in [-0.1, -0.05) is 20.8 Å². The van der Waals surface area contributed by atoms with Crippen molar-refractivity contribution in [2.24, 2.45) is 12.5 Å². The molecule has 0 aromatic carbocycles. The van der Waals surface area contributed by atoms with Crippen molar-refractivity contribution in [2.45, 2.75) is 52.8 Å². The summed E-state index contributed by atoms with van der Waals surface area (Å²) in [6.45, 7) is 6.81. The maximum atomic E-state index is 13.1. The first-order valence-corrected chi connectivity index (χ1v) is 10.1. The Morgan fingerprint density at radius 1 is 1.26 bits per heavy atom. The standard InChI is InChI=1S/C21H28F3N5O2/c1-20(2,3)11-18(30)26-19-16(31-5)10-15-14(25-19)7-6-8-29(15)12-13-9-17(21(22,23)24)28(4)27-13/h9-10H,6-8,11-12H2,1-5H3,(H,25,26,30). The molecule has 0 saturated heterocycles. The largest absolute Gasteiger partial charge is 0.493 e. The van der Waals surface area contributed by atoms with Crippen LogP contribution in [-0.2, 0) is 31.0 Å². The lowest BCUT2D eigenvalue weighted by atomic mass is 9.92. The van der Waals surface area contributed by atoms with Crippen molar-refractivity contribution < 1.29 is 22.7 Å². The summed E-state index contributed by atoms with van der Waals surface area (Å²) in [6.07, 6.45) is -2.62. The Bertz CT molecular complexity index is 963. The van der Waals surface area contributed by atoms with Crippen LogP contribution in [-0.4, -0.2) is 34.3 Å². The van der Waals surface area contributed by atoms with Gasteiger partial charge in [0.25, 0.3) is 0 Å². The minimum atomic E-state index is -4.45. The summed E-state index contributed by atoms with van der Waals surface area (Å²) in [5, 5.41) is 6.85. The van der Waals surface area contributed by atoms with Gasteiger partial charge in [-0.05, 0) is 24.3 Å². The summed E-state index contributed by atoms with van der Waals surface area (Å²) in [7, 11) is 2.78. The summed E-state index contributed by atoms with van der Waals surface area (Å²) >= 11 is 0. The summed E-state index contributed by atoms with van der Waals surface area (Å²) in [5.41, 5.74) is 0.915. The fraction of sp³-hybridized carbons (Fsp3) is 0.571. The Hall–Kier alpha value is -2.78. The fourth-order valence-corrected chi connectivity index (χ4v) is 3.67. The maximum Gasteiger partial charge on any atom is 0.433 e. The van der Waals surface area contributed by atoms with Crippen LogP contribution in [0.5, 0.6) is 5.75 Å². The molecule has 0 bridgehead atoms. The number of amides is 1. The highest BCUT2D eigenvalue weighted by Crippen LogP contribution is 2.36. The number of alkyl halides is 3. The van der Waals surface area contributed by atoms with Crippen molar-refractivity contribution in [3.63, 3.8) is 0 Å². The first kappa shape index (κ1) is 22.9. The zero-order valence-electron chi connectivity index (χ0n) is 18.4. The number of halogens is 3. The molecule has 0 unspecified atom stereocenters.